The van der Waals surface area contributed by atoms with Gasteiger partial charge in [-0.25, -0.2) is 9.37 Å². The van der Waals surface area contributed by atoms with Crippen molar-refractivity contribution in [3.05, 3.63) is 87.7 Å². The number of benzene rings is 1. The number of carbonyl (C=O) groups excluding carboxylic acids is 1. The van der Waals surface area contributed by atoms with E-state index in [0.717, 1.165) is 24.8 Å². The van der Waals surface area contributed by atoms with Crippen molar-refractivity contribution in [3.8, 4) is 0 Å². The second-order valence-electron chi connectivity index (χ2n) is 6.91. The summed E-state index contributed by atoms with van der Waals surface area (Å²) in [4.78, 5) is 33.2. The third-order valence-electron chi connectivity index (χ3n) is 4.91. The first-order valence-corrected chi connectivity index (χ1v) is 9.29. The largest absolute Gasteiger partial charge is 0.443 e. The lowest BCUT2D eigenvalue weighted by molar-refractivity contribution is 0.0563. The highest BCUT2D eigenvalue weighted by molar-refractivity contribution is 5.92. The lowest BCUT2D eigenvalue weighted by Crippen LogP contribution is -2.39. The van der Waals surface area contributed by atoms with Crippen LogP contribution in [-0.4, -0.2) is 27.3 Å². The SMILES string of the molecule is O=C(c1cccc(=O)[nH]1)N1CCCC[C@@H]1c1ncc(Cc2ccc(F)cc2)o1. The molecule has 3 aromatic rings. The topological polar surface area (TPSA) is 79.2 Å². The van der Waals surface area contributed by atoms with Gasteiger partial charge in [0.05, 0.1) is 6.20 Å². The van der Waals surface area contributed by atoms with E-state index in [-0.39, 0.29) is 29.0 Å². The summed E-state index contributed by atoms with van der Waals surface area (Å²) >= 11 is 0. The Bertz CT molecular complexity index is 1030. The van der Waals surface area contributed by atoms with E-state index in [4.69, 9.17) is 4.42 Å². The Kier molecular flexibility index (Phi) is 5.06. The van der Waals surface area contributed by atoms with E-state index >= 15 is 0 Å². The first kappa shape index (κ1) is 18.2. The van der Waals surface area contributed by atoms with Crippen molar-refractivity contribution in [2.45, 2.75) is 31.7 Å². The molecule has 2 aromatic heterocycles. The molecule has 7 heteroatoms. The molecular weight excluding hydrogens is 361 g/mol. The summed E-state index contributed by atoms with van der Waals surface area (Å²) in [6.07, 6.45) is 4.76. The maximum atomic E-state index is 13.1. The summed E-state index contributed by atoms with van der Waals surface area (Å²) in [6.45, 7) is 0.579. The quantitative estimate of drug-likeness (QED) is 0.751. The summed E-state index contributed by atoms with van der Waals surface area (Å²) in [7, 11) is 0. The van der Waals surface area contributed by atoms with Crippen LogP contribution in [0.3, 0.4) is 0 Å². The number of halogens is 1. The molecule has 0 radical (unpaired) electrons. The van der Waals surface area contributed by atoms with Crippen molar-refractivity contribution in [1.29, 1.82) is 0 Å². The average molecular weight is 381 g/mol. The summed E-state index contributed by atoms with van der Waals surface area (Å²) in [5, 5.41) is 0. The Hall–Kier alpha value is -3.22. The van der Waals surface area contributed by atoms with Gasteiger partial charge >= 0.3 is 0 Å². The second-order valence-corrected chi connectivity index (χ2v) is 6.91. The first-order valence-electron chi connectivity index (χ1n) is 9.29. The van der Waals surface area contributed by atoms with Gasteiger partial charge in [-0.2, -0.15) is 0 Å². The minimum atomic E-state index is -0.308. The van der Waals surface area contributed by atoms with Crippen molar-refractivity contribution in [1.82, 2.24) is 14.9 Å². The molecule has 6 nitrogen and oxygen atoms in total. The molecule has 1 fully saturated rings. The number of nitrogens with zero attached hydrogens (tertiary/aromatic N) is 2. The van der Waals surface area contributed by atoms with Gasteiger partial charge in [-0.15, -0.1) is 0 Å². The van der Waals surface area contributed by atoms with Crippen molar-refractivity contribution in [2.24, 2.45) is 0 Å². The van der Waals surface area contributed by atoms with Gasteiger partial charge in [-0.3, -0.25) is 9.59 Å². The molecule has 0 saturated carbocycles. The third-order valence-corrected chi connectivity index (χ3v) is 4.91. The van der Waals surface area contributed by atoms with Gasteiger partial charge in [-0.1, -0.05) is 18.2 Å². The van der Waals surface area contributed by atoms with Gasteiger partial charge < -0.3 is 14.3 Å². The monoisotopic (exact) mass is 381 g/mol. The van der Waals surface area contributed by atoms with Gasteiger partial charge in [0.2, 0.25) is 11.4 Å². The predicted octanol–water partition coefficient (Wildman–Crippen LogP) is 3.46. The second kappa shape index (κ2) is 7.80. The molecular formula is C21H20FN3O3. The number of oxazole rings is 1. The van der Waals surface area contributed by atoms with Crippen LogP contribution >= 0.6 is 0 Å². The number of aromatic amines is 1. The van der Waals surface area contributed by atoms with Crippen molar-refractivity contribution >= 4 is 5.91 Å². The molecule has 1 aliphatic rings. The Morgan fingerprint density at radius 1 is 1.21 bits per heavy atom. The van der Waals surface area contributed by atoms with Crippen LogP contribution in [0.1, 0.15) is 53.0 Å². The number of hydrogen-bond acceptors (Lipinski definition) is 4. The van der Waals surface area contributed by atoms with E-state index in [0.29, 0.717) is 24.6 Å². The van der Waals surface area contributed by atoms with Gasteiger partial charge in [0.25, 0.3) is 5.91 Å². The number of piperidine rings is 1. The van der Waals surface area contributed by atoms with Gasteiger partial charge in [0.1, 0.15) is 23.3 Å². The molecule has 4 rings (SSSR count). The van der Waals surface area contributed by atoms with E-state index in [1.54, 1.807) is 35.4 Å². The number of amides is 1. The van der Waals surface area contributed by atoms with Crippen molar-refractivity contribution < 1.29 is 13.6 Å². The molecule has 1 N–H and O–H groups in total. The number of likely N-dealkylation sites (tertiary alicyclic amines) is 1. The molecule has 1 aliphatic heterocycles. The zero-order valence-corrected chi connectivity index (χ0v) is 15.2. The lowest BCUT2D eigenvalue weighted by atomic mass is 10.0. The van der Waals surface area contributed by atoms with E-state index in [2.05, 4.69) is 9.97 Å². The summed E-state index contributed by atoms with van der Waals surface area (Å²) in [5.74, 6) is 0.633. The molecule has 0 aliphatic carbocycles. The van der Waals surface area contributed by atoms with Crippen molar-refractivity contribution in [2.75, 3.05) is 6.54 Å². The molecule has 28 heavy (non-hydrogen) atoms. The smallest absolute Gasteiger partial charge is 0.271 e. The molecule has 1 aromatic carbocycles. The average Bonchev–Trinajstić information content (AvgIpc) is 3.17. The van der Waals surface area contributed by atoms with E-state index in [1.807, 2.05) is 0 Å². The minimum Gasteiger partial charge on any atom is -0.443 e. The van der Waals surface area contributed by atoms with Gasteiger partial charge in [-0.05, 0) is 43.0 Å². The molecule has 0 unspecified atom stereocenters. The van der Waals surface area contributed by atoms with Crippen LogP contribution in [0.2, 0.25) is 0 Å². The summed E-state index contributed by atoms with van der Waals surface area (Å²) in [6, 6.07) is 10.5. The molecule has 144 valence electrons. The van der Waals surface area contributed by atoms with E-state index < -0.39 is 0 Å². The van der Waals surface area contributed by atoms with E-state index in [1.165, 1.54) is 18.2 Å². The minimum absolute atomic E-state index is 0.235. The summed E-state index contributed by atoms with van der Waals surface area (Å²) in [5.41, 5.74) is 0.872. The van der Waals surface area contributed by atoms with Crippen LogP contribution in [0.4, 0.5) is 4.39 Å². The highest BCUT2D eigenvalue weighted by Gasteiger charge is 2.32. The standard InChI is InChI=1S/C21H20FN3O3/c22-15-9-7-14(8-10-15)12-16-13-23-20(28-16)18-5-1-2-11-25(18)21(27)17-4-3-6-19(26)24-17/h3-4,6-10,13,18H,1-2,5,11-12H2,(H,24,26)/t18-/m1/s1. The fraction of sp³-hybridized carbons (Fsp3) is 0.286. The fourth-order valence-corrected chi connectivity index (χ4v) is 3.52. The Morgan fingerprint density at radius 3 is 2.82 bits per heavy atom. The maximum Gasteiger partial charge on any atom is 0.271 e. The van der Waals surface area contributed by atoms with Crippen LogP contribution in [0.25, 0.3) is 0 Å². The first-order chi connectivity index (χ1) is 13.6. The molecule has 1 atom stereocenters. The number of H-pyrrole nitrogens is 1. The van der Waals surface area contributed by atoms with E-state index in [9.17, 15) is 14.0 Å². The Balaban J connectivity index is 1.54. The van der Waals surface area contributed by atoms with Crippen LogP contribution < -0.4 is 5.56 Å². The number of rotatable bonds is 4. The number of pyridine rings is 1. The number of aromatic nitrogens is 2. The highest BCUT2D eigenvalue weighted by Crippen LogP contribution is 2.32. The number of nitrogens with one attached hydrogen (secondary N) is 1. The summed E-state index contributed by atoms with van der Waals surface area (Å²) < 4.78 is 19.0. The van der Waals surface area contributed by atoms with Crippen molar-refractivity contribution in [3.63, 3.8) is 0 Å². The highest BCUT2D eigenvalue weighted by atomic mass is 19.1. The number of carbonyl (C=O) groups is 1. The van der Waals surface area contributed by atoms with Crippen LogP contribution in [-0.2, 0) is 6.42 Å². The normalized spacial score (nSPS) is 16.9. The number of hydrogen-bond donors (Lipinski definition) is 1. The molecule has 0 bridgehead atoms. The Morgan fingerprint density at radius 2 is 2.04 bits per heavy atom. The molecule has 0 spiro atoms. The zero-order chi connectivity index (χ0) is 19.5. The zero-order valence-electron chi connectivity index (χ0n) is 15.2. The predicted molar refractivity (Wildman–Crippen MR) is 100 cm³/mol. The van der Waals surface area contributed by atoms with Crippen LogP contribution in [0, 0.1) is 5.82 Å². The molecule has 1 saturated heterocycles. The molecule has 3 heterocycles. The maximum absolute atomic E-state index is 13.1. The lowest BCUT2D eigenvalue weighted by Gasteiger charge is -2.33. The van der Waals surface area contributed by atoms with Gasteiger partial charge in [0.15, 0.2) is 0 Å². The van der Waals surface area contributed by atoms with Crippen LogP contribution in [0.5, 0.6) is 0 Å². The van der Waals surface area contributed by atoms with Gasteiger partial charge in [0, 0.05) is 19.0 Å². The van der Waals surface area contributed by atoms with Crippen LogP contribution in [0.15, 0.2) is 57.9 Å². The Labute approximate surface area is 161 Å². The molecule has 1 amide bonds. The third kappa shape index (κ3) is 3.88. The fourth-order valence-electron chi connectivity index (χ4n) is 3.52.